The van der Waals surface area contributed by atoms with E-state index in [0.717, 1.165) is 155 Å². The van der Waals surface area contributed by atoms with Crippen LogP contribution in [0.3, 0.4) is 0 Å². The summed E-state index contributed by atoms with van der Waals surface area (Å²) >= 11 is 3.51. The largest absolute Gasteiger partial charge is 0.480 e. The number of fused-ring (bicyclic) bond motifs is 2. The molecule has 26 nitrogen and oxygen atoms in total. The van der Waals surface area contributed by atoms with Crippen LogP contribution in [0.1, 0.15) is 240 Å². The molecule has 6 amide bonds. The van der Waals surface area contributed by atoms with Crippen LogP contribution in [0.15, 0.2) is 107 Å². The van der Waals surface area contributed by atoms with Gasteiger partial charge in [-0.25, -0.2) is 38.9 Å². The number of rotatable bonds is 22. The summed E-state index contributed by atoms with van der Waals surface area (Å²) in [6.07, 6.45) is 21.4. The summed E-state index contributed by atoms with van der Waals surface area (Å²) in [5.74, 6) is 10.8. The number of methoxy groups -OCH3 is 2. The normalized spacial score (nSPS) is 18.3. The lowest BCUT2D eigenvalue weighted by Crippen LogP contribution is -2.54. The van der Waals surface area contributed by atoms with Gasteiger partial charge in [0.1, 0.15) is 58.9 Å². The van der Waals surface area contributed by atoms with Gasteiger partial charge in [0.2, 0.25) is 11.8 Å². The third-order valence-corrected chi connectivity index (χ3v) is 24.9. The van der Waals surface area contributed by atoms with E-state index >= 15 is 0 Å². The smallest absolute Gasteiger partial charge is 0.410 e. The van der Waals surface area contributed by atoms with Crippen LogP contribution < -0.4 is 10.6 Å². The quantitative estimate of drug-likeness (QED) is 0.0182. The maximum Gasteiger partial charge on any atom is 0.410 e. The summed E-state index contributed by atoms with van der Waals surface area (Å²) in [5.41, 5.74) is 6.43. The molecule has 3 aromatic heterocycles. The van der Waals surface area contributed by atoms with Gasteiger partial charge in [0.05, 0.1) is 56.5 Å². The van der Waals surface area contributed by atoms with Gasteiger partial charge < -0.3 is 63.8 Å². The van der Waals surface area contributed by atoms with Gasteiger partial charge in [-0.15, -0.1) is 6.42 Å². The van der Waals surface area contributed by atoms with Crippen molar-refractivity contribution in [1.82, 2.24) is 59.7 Å². The van der Waals surface area contributed by atoms with Gasteiger partial charge in [0, 0.05) is 86.9 Å². The van der Waals surface area contributed by atoms with Gasteiger partial charge in [0.25, 0.3) is 0 Å². The fraction of sp³-hybridized carbons (Fsp3) is 0.543. The Morgan fingerprint density at radius 2 is 1.12 bits per heavy atom. The predicted octanol–water partition coefficient (Wildman–Crippen LogP) is 19.7. The number of aromatic amines is 2. The summed E-state index contributed by atoms with van der Waals surface area (Å²) in [4.78, 5) is 118. The predicted molar refractivity (Wildman–Crippen MR) is 488 cm³/mol. The van der Waals surface area contributed by atoms with Crippen LogP contribution in [0, 0.1) is 47.9 Å². The number of nitrogens with one attached hydrogen (secondary N) is 4. The zero-order valence-corrected chi connectivity index (χ0v) is 75.9. The first-order valence-electron chi connectivity index (χ1n) is 42.2. The molecule has 4 saturated heterocycles. The van der Waals surface area contributed by atoms with Crippen molar-refractivity contribution in [2.75, 3.05) is 47.0 Å². The van der Waals surface area contributed by atoms with Gasteiger partial charge >= 0.3 is 30.3 Å². The molecule has 5 N–H and O–H groups in total. The van der Waals surface area contributed by atoms with Crippen LogP contribution >= 0.6 is 15.9 Å². The van der Waals surface area contributed by atoms with Crippen LogP contribution in [0.5, 0.6) is 0 Å². The van der Waals surface area contributed by atoms with Crippen molar-refractivity contribution in [3.05, 3.63) is 142 Å². The molecule has 4 fully saturated rings. The Morgan fingerprint density at radius 1 is 0.623 bits per heavy atom. The van der Waals surface area contributed by atoms with Crippen LogP contribution in [0.4, 0.5) is 19.2 Å². The number of carboxylic acid groups (broad SMARTS) is 1. The number of ether oxygens (including phenoxy) is 5. The van der Waals surface area contributed by atoms with E-state index in [2.05, 4.69) is 168 Å². The number of nitrogens with zero attached hydrogens (tertiary/aromatic N) is 9. The minimum atomic E-state index is -1.14. The number of H-pyrrole nitrogens is 2. The Kier molecular flexibility index (Phi) is 36.2. The molecule has 12 rings (SSSR count). The molecule has 4 aromatic carbocycles. The second kappa shape index (κ2) is 44.7. The van der Waals surface area contributed by atoms with E-state index in [-0.39, 0.29) is 80.8 Å². The lowest BCUT2D eigenvalue weighted by Gasteiger charge is -2.31. The summed E-state index contributed by atoms with van der Waals surface area (Å²) in [7, 11) is 1.38. The third kappa shape index (κ3) is 26.9. The average Bonchev–Trinajstić information content (AvgIpc) is 1.38. The number of carboxylic acids is 1. The summed E-state index contributed by atoms with van der Waals surface area (Å²) in [5, 5.41) is 18.3. The zero-order valence-electron chi connectivity index (χ0n) is 73.3. The lowest BCUT2D eigenvalue weighted by molar-refractivity contribution is -0.141. The Hall–Kier alpha value is -10.3. The van der Waals surface area contributed by atoms with Gasteiger partial charge in [-0.05, 0) is 198 Å². The molecule has 10 atom stereocenters. The number of amides is 6. The van der Waals surface area contributed by atoms with Crippen molar-refractivity contribution < 1.29 is 62.4 Å². The number of benzene rings is 4. The minimum Gasteiger partial charge on any atom is -0.480 e. The van der Waals surface area contributed by atoms with Crippen LogP contribution in [0.2, 0.25) is 25.7 Å². The molecular weight excluding hydrogens is 1630 g/mol. The van der Waals surface area contributed by atoms with Crippen molar-refractivity contribution in [3.63, 3.8) is 0 Å². The second-order valence-electron chi connectivity index (χ2n) is 35.0. The summed E-state index contributed by atoms with van der Waals surface area (Å²) < 4.78 is 29.1. The lowest BCUT2D eigenvalue weighted by atomic mass is 9.92. The number of hydrogen-bond acceptors (Lipinski definition) is 16. The van der Waals surface area contributed by atoms with E-state index in [9.17, 15) is 33.6 Å². The Balaban J connectivity index is 0.000000248. The summed E-state index contributed by atoms with van der Waals surface area (Å²) in [6.45, 7) is 36.1. The number of imidazole rings is 3. The van der Waals surface area contributed by atoms with E-state index in [1.807, 2.05) is 114 Å². The van der Waals surface area contributed by atoms with Crippen molar-refractivity contribution >= 4 is 99.0 Å². The molecule has 8 heterocycles. The van der Waals surface area contributed by atoms with E-state index in [1.54, 1.807) is 22.9 Å². The number of carbonyl (C=O) groups is 7. The highest BCUT2D eigenvalue weighted by atomic mass is 79.9. The van der Waals surface area contributed by atoms with Crippen LogP contribution in [-0.4, -0.2) is 186 Å². The molecule has 0 bridgehead atoms. The molecule has 5 aliphatic heterocycles. The number of aliphatic imine (C=N–C) groups is 1. The topological polar surface area (TPSA) is 310 Å². The monoisotopic (exact) mass is 1760 g/mol. The number of hydrogen-bond donors (Lipinski definition) is 5. The number of terminal acetylenes is 1. The number of aromatic nitrogens is 6. The molecule has 0 unspecified atom stereocenters. The number of alkyl carbamates (subject to hydrolysis) is 2. The molecule has 28 heteroatoms. The van der Waals surface area contributed by atoms with E-state index in [4.69, 9.17) is 35.5 Å². The molecule has 0 radical (unpaired) electrons. The number of halogens is 1. The highest BCUT2D eigenvalue weighted by molar-refractivity contribution is 9.10. The Bertz CT molecular complexity index is 4920. The molecule has 0 aliphatic carbocycles. The highest BCUT2D eigenvalue weighted by Crippen LogP contribution is 2.39. The number of carbonyl (C=O) groups excluding carboxylic acids is 6. The van der Waals surface area contributed by atoms with Gasteiger partial charge in [-0.1, -0.05) is 160 Å². The van der Waals surface area contributed by atoms with Crippen molar-refractivity contribution in [2.45, 2.75) is 262 Å². The SMILES string of the molecule is C.C.C#Cc1cn(COCC[Si](C)(C)C)c([C@@H]2CCCN2C(=O)OC(C)(C)C)n1.CC(C)(C)OC(=O)N1CCC[C@H]1c1ncc(-c2ccc3cc(Br)ccc3c2)[nH]1.CC[C@H](C)[C@H](C)C(=O)N1CCC[C@H]1c1ncc(C#Cc2ccc3cc(C4=CN=C([C@@H]5CCCN5C(=O)[C@@H](NC(=O)OC)[C@@H](C)CC)C4)ccc3c2)[nH]1.CC[C@H](C)[C@H](NC(=O)OC)C(=O)O. The first kappa shape index (κ1) is 98.8. The number of likely N-dealkylation sites (tertiary alicyclic amines) is 4. The fourth-order valence-corrected chi connectivity index (χ4v) is 16.3. The van der Waals surface area contributed by atoms with Crippen LogP contribution in [0.25, 0.3) is 38.4 Å². The standard InChI is InChI=1S/C42H52N6O4.C22H24BrN3O2.C20H33N3O3Si.C8H15NO4.2CH4/c1-7-26(3)28(5)40(49)48-20-10-12-37(48)39-44-25-34(45-39)18-14-29-13-15-31-22-32(17-16-30(31)21-29)33-23-35(43-24-33)36-11-9-19-47(36)41(50)38(27(4)8-2)46-42(51)52-6;1-22(2,3)28-21(27)26-10-4-5-19(26)20-24-13-18(25-20)16-7-6-15-12-17(23)9-8-14(15)11-16;1-8-16-14-22(15-25-12-13-27(5,6)7)18(21-16)17-10-9-11-23(17)19(24)26-20(2,3)4;1-4-5(2)6(7(10)11)9-8(12)13-3;;/h13,15-17,21-22,24-28,36-38H,7-12,19-20,23H2,1-6H3,(H,44,45)(H,46,51);6-9,11-13,19H,4-5,10H2,1-3H3,(H,24,25);1,14,17H,9-13,15H2,2-7H3;5-6H,4H2,1-3H3,(H,9,12)(H,10,11);2*1H4/t26-,27-,28-,36-,37-,38-;19-;17-;5-,6-;;/m0000../s1. The maximum atomic E-state index is 13.7. The van der Waals surface area contributed by atoms with E-state index < -0.39 is 49.5 Å². The Labute approximate surface area is 731 Å². The molecule has 7 aromatic rings. The second-order valence-corrected chi connectivity index (χ2v) is 41.6. The molecular formula is C94H132BrN13O13Si. The molecule has 122 heavy (non-hydrogen) atoms. The zero-order chi connectivity index (χ0) is 87.5. The van der Waals surface area contributed by atoms with Gasteiger partial charge in [-0.2, -0.15) is 0 Å². The highest BCUT2D eigenvalue weighted by Gasteiger charge is 2.42. The fourth-order valence-electron chi connectivity index (χ4n) is 15.1. The number of allylic oxidation sites excluding steroid dienone is 1. The van der Waals surface area contributed by atoms with Gasteiger partial charge in [-0.3, -0.25) is 24.4 Å². The minimum absolute atomic E-state index is 0. The Morgan fingerprint density at radius 3 is 1.70 bits per heavy atom. The molecule has 0 saturated carbocycles. The maximum absolute atomic E-state index is 13.7. The summed E-state index contributed by atoms with van der Waals surface area (Å²) in [6, 6.07) is 24.5. The number of aliphatic carboxylic acids is 1. The van der Waals surface area contributed by atoms with Crippen molar-refractivity contribution in [3.8, 4) is 35.4 Å². The van der Waals surface area contributed by atoms with E-state index in [0.29, 0.717) is 50.8 Å². The third-order valence-electron chi connectivity index (χ3n) is 22.7. The van der Waals surface area contributed by atoms with Crippen LogP contribution in [-0.2, 0) is 44.8 Å². The molecule has 0 spiro atoms. The van der Waals surface area contributed by atoms with E-state index in [1.165, 1.54) is 25.0 Å². The molecule has 662 valence electrons. The first-order valence-corrected chi connectivity index (χ1v) is 46.7. The van der Waals surface area contributed by atoms with Gasteiger partial charge in [0.15, 0.2) is 0 Å². The first-order chi connectivity index (χ1) is 56.9. The van der Waals surface area contributed by atoms with Crippen molar-refractivity contribution in [2.24, 2.45) is 28.7 Å². The molecule has 5 aliphatic rings. The average molecular weight is 1760 g/mol. The van der Waals surface area contributed by atoms with Crippen molar-refractivity contribution in [1.29, 1.82) is 0 Å².